The third kappa shape index (κ3) is 2.61. The van der Waals surface area contributed by atoms with Gasteiger partial charge in [0.1, 0.15) is 0 Å². The fourth-order valence-electron chi connectivity index (χ4n) is 2.80. The van der Waals surface area contributed by atoms with Crippen LogP contribution in [0.25, 0.3) is 5.95 Å². The van der Waals surface area contributed by atoms with Crippen molar-refractivity contribution in [3.05, 3.63) is 28.3 Å². The predicted molar refractivity (Wildman–Crippen MR) is 81.0 cm³/mol. The summed E-state index contributed by atoms with van der Waals surface area (Å²) in [5.74, 6) is -1.35. The summed E-state index contributed by atoms with van der Waals surface area (Å²) in [6.07, 6.45) is 3.95. The van der Waals surface area contributed by atoms with E-state index in [-0.39, 0.29) is 17.3 Å². The standard InChI is InChI=1S/C15H17N5O4/c1-8-9-6-4-5-7-10(9)17-15(16-8)20-12(14(22)24-3)11(18-19-20)13(21)23-2/h4-7H2,1-3H3. The smallest absolute Gasteiger partial charge is 0.361 e. The van der Waals surface area contributed by atoms with Gasteiger partial charge < -0.3 is 9.47 Å². The lowest BCUT2D eigenvalue weighted by Crippen LogP contribution is -2.19. The van der Waals surface area contributed by atoms with Gasteiger partial charge in [0, 0.05) is 11.4 Å². The average molecular weight is 331 g/mol. The second kappa shape index (κ2) is 6.34. The lowest BCUT2D eigenvalue weighted by molar-refractivity contribution is 0.0545. The Bertz CT molecular complexity index is 814. The van der Waals surface area contributed by atoms with Crippen molar-refractivity contribution in [1.29, 1.82) is 0 Å². The van der Waals surface area contributed by atoms with Crippen molar-refractivity contribution in [2.45, 2.75) is 32.6 Å². The first-order valence-corrected chi connectivity index (χ1v) is 7.56. The Kier molecular flexibility index (Phi) is 4.24. The van der Waals surface area contributed by atoms with Crippen LogP contribution in [0, 0.1) is 6.92 Å². The van der Waals surface area contributed by atoms with Crippen molar-refractivity contribution >= 4 is 11.9 Å². The molecule has 0 aliphatic heterocycles. The summed E-state index contributed by atoms with van der Waals surface area (Å²) in [6, 6.07) is 0. The van der Waals surface area contributed by atoms with Gasteiger partial charge in [-0.2, -0.15) is 4.68 Å². The van der Waals surface area contributed by atoms with E-state index in [2.05, 4.69) is 25.0 Å². The molecule has 0 unspecified atom stereocenters. The molecule has 0 amide bonds. The van der Waals surface area contributed by atoms with Gasteiger partial charge in [-0.25, -0.2) is 19.6 Å². The maximum absolute atomic E-state index is 12.1. The van der Waals surface area contributed by atoms with Crippen molar-refractivity contribution < 1.29 is 19.1 Å². The summed E-state index contributed by atoms with van der Waals surface area (Å²) in [4.78, 5) is 32.8. The number of esters is 2. The van der Waals surface area contributed by atoms with Gasteiger partial charge >= 0.3 is 11.9 Å². The number of aryl methyl sites for hydroxylation is 2. The average Bonchev–Trinajstić information content (AvgIpc) is 3.05. The van der Waals surface area contributed by atoms with Crippen LogP contribution in [0.4, 0.5) is 0 Å². The zero-order valence-corrected chi connectivity index (χ0v) is 13.7. The highest BCUT2D eigenvalue weighted by Crippen LogP contribution is 2.23. The van der Waals surface area contributed by atoms with Crippen LogP contribution in [-0.2, 0) is 22.3 Å². The molecule has 0 atom stereocenters. The minimum Gasteiger partial charge on any atom is -0.464 e. The fourth-order valence-corrected chi connectivity index (χ4v) is 2.80. The van der Waals surface area contributed by atoms with E-state index < -0.39 is 11.9 Å². The third-order valence-electron chi connectivity index (χ3n) is 4.00. The van der Waals surface area contributed by atoms with E-state index in [0.717, 1.165) is 47.3 Å². The number of nitrogens with zero attached hydrogens (tertiary/aromatic N) is 5. The number of rotatable bonds is 3. The van der Waals surface area contributed by atoms with Gasteiger partial charge in [0.05, 0.1) is 14.2 Å². The van der Waals surface area contributed by atoms with E-state index in [9.17, 15) is 9.59 Å². The number of fused-ring (bicyclic) bond motifs is 1. The molecule has 0 N–H and O–H groups in total. The van der Waals surface area contributed by atoms with Crippen LogP contribution < -0.4 is 0 Å². The van der Waals surface area contributed by atoms with Gasteiger partial charge in [0.15, 0.2) is 5.69 Å². The molecule has 3 rings (SSSR count). The second-order valence-corrected chi connectivity index (χ2v) is 5.42. The minimum absolute atomic E-state index is 0.153. The molecule has 2 aromatic rings. The molecular formula is C15H17N5O4. The first-order valence-electron chi connectivity index (χ1n) is 7.56. The molecule has 0 spiro atoms. The fraction of sp³-hybridized carbons (Fsp3) is 0.467. The highest BCUT2D eigenvalue weighted by Gasteiger charge is 2.29. The van der Waals surface area contributed by atoms with E-state index >= 15 is 0 Å². The van der Waals surface area contributed by atoms with E-state index in [4.69, 9.17) is 4.74 Å². The van der Waals surface area contributed by atoms with E-state index in [1.807, 2.05) is 6.92 Å². The SMILES string of the molecule is COC(=O)c1nnn(-c2nc(C)c3c(n2)CCCC3)c1C(=O)OC. The van der Waals surface area contributed by atoms with Crippen molar-refractivity contribution in [2.24, 2.45) is 0 Å². The molecule has 2 heterocycles. The van der Waals surface area contributed by atoms with Gasteiger partial charge in [-0.05, 0) is 38.2 Å². The summed E-state index contributed by atoms with van der Waals surface area (Å²) in [5, 5.41) is 7.59. The van der Waals surface area contributed by atoms with Crippen LogP contribution in [0.1, 0.15) is 50.8 Å². The number of ether oxygens (including phenoxy) is 2. The molecule has 0 saturated heterocycles. The van der Waals surface area contributed by atoms with Gasteiger partial charge in [-0.3, -0.25) is 0 Å². The van der Waals surface area contributed by atoms with Crippen molar-refractivity contribution in [2.75, 3.05) is 14.2 Å². The first kappa shape index (κ1) is 16.0. The molecular weight excluding hydrogens is 314 g/mol. The monoisotopic (exact) mass is 331 g/mol. The Hall–Kier alpha value is -2.84. The molecule has 0 saturated carbocycles. The molecule has 9 nitrogen and oxygen atoms in total. The maximum atomic E-state index is 12.1. The molecule has 0 bridgehead atoms. The van der Waals surface area contributed by atoms with Crippen LogP contribution in [0.3, 0.4) is 0 Å². The highest BCUT2D eigenvalue weighted by atomic mass is 16.5. The maximum Gasteiger partial charge on any atom is 0.361 e. The van der Waals surface area contributed by atoms with Crippen molar-refractivity contribution in [3.8, 4) is 5.95 Å². The normalized spacial score (nSPS) is 13.3. The molecule has 1 aliphatic rings. The summed E-state index contributed by atoms with van der Waals surface area (Å²) < 4.78 is 10.5. The van der Waals surface area contributed by atoms with Gasteiger partial charge in [0.2, 0.25) is 5.69 Å². The minimum atomic E-state index is -0.781. The van der Waals surface area contributed by atoms with Crippen LogP contribution in [0.5, 0.6) is 0 Å². The van der Waals surface area contributed by atoms with Crippen molar-refractivity contribution in [1.82, 2.24) is 25.0 Å². The zero-order chi connectivity index (χ0) is 17.3. The Balaban J connectivity index is 2.16. The van der Waals surface area contributed by atoms with Crippen LogP contribution in [0.15, 0.2) is 0 Å². The number of methoxy groups -OCH3 is 2. The Morgan fingerprint density at radius 3 is 2.46 bits per heavy atom. The molecule has 24 heavy (non-hydrogen) atoms. The third-order valence-corrected chi connectivity index (χ3v) is 4.00. The quantitative estimate of drug-likeness (QED) is 0.760. The number of carbonyl (C=O) groups is 2. The molecule has 0 aromatic carbocycles. The lowest BCUT2D eigenvalue weighted by atomic mass is 9.95. The van der Waals surface area contributed by atoms with Crippen LogP contribution >= 0.6 is 0 Å². The van der Waals surface area contributed by atoms with Crippen LogP contribution in [-0.4, -0.2) is 51.1 Å². The second-order valence-electron chi connectivity index (χ2n) is 5.42. The zero-order valence-electron chi connectivity index (χ0n) is 13.7. The molecule has 0 radical (unpaired) electrons. The predicted octanol–water partition coefficient (Wildman–Crippen LogP) is 0.818. The number of hydrogen-bond donors (Lipinski definition) is 0. The largest absolute Gasteiger partial charge is 0.464 e. The summed E-state index contributed by atoms with van der Waals surface area (Å²) in [6.45, 7) is 1.89. The number of carbonyl (C=O) groups excluding carboxylic acids is 2. The summed E-state index contributed by atoms with van der Waals surface area (Å²) >= 11 is 0. The Morgan fingerprint density at radius 2 is 1.75 bits per heavy atom. The van der Waals surface area contributed by atoms with Gasteiger partial charge in [-0.1, -0.05) is 5.21 Å². The molecule has 126 valence electrons. The van der Waals surface area contributed by atoms with Gasteiger partial charge in [0.25, 0.3) is 5.95 Å². The molecule has 0 fully saturated rings. The highest BCUT2D eigenvalue weighted by molar-refractivity contribution is 6.00. The Labute approximate surface area is 138 Å². The van der Waals surface area contributed by atoms with E-state index in [1.54, 1.807) is 0 Å². The lowest BCUT2D eigenvalue weighted by Gasteiger charge is -2.17. The topological polar surface area (TPSA) is 109 Å². The van der Waals surface area contributed by atoms with Crippen molar-refractivity contribution in [3.63, 3.8) is 0 Å². The summed E-state index contributed by atoms with van der Waals surface area (Å²) in [5.41, 5.74) is 2.52. The first-order chi connectivity index (χ1) is 11.6. The Morgan fingerprint density at radius 1 is 1.04 bits per heavy atom. The molecule has 2 aromatic heterocycles. The molecule has 1 aliphatic carbocycles. The molecule has 9 heteroatoms. The number of aromatic nitrogens is 5. The van der Waals surface area contributed by atoms with E-state index in [0.29, 0.717) is 0 Å². The number of hydrogen-bond acceptors (Lipinski definition) is 8. The van der Waals surface area contributed by atoms with Crippen LogP contribution in [0.2, 0.25) is 0 Å². The van der Waals surface area contributed by atoms with Gasteiger partial charge in [-0.15, -0.1) is 5.10 Å². The van der Waals surface area contributed by atoms with E-state index in [1.165, 1.54) is 14.2 Å². The summed E-state index contributed by atoms with van der Waals surface area (Å²) in [7, 11) is 2.40.